The fourth-order valence-electron chi connectivity index (χ4n) is 8.58. The zero-order valence-electron chi connectivity index (χ0n) is 25.9. The van der Waals surface area contributed by atoms with Crippen LogP contribution in [0.1, 0.15) is 72.9 Å². The van der Waals surface area contributed by atoms with Crippen molar-refractivity contribution in [1.82, 2.24) is 9.97 Å². The highest BCUT2D eigenvalue weighted by atomic mass is 35.5. The number of carboxylic acids is 1. The van der Waals surface area contributed by atoms with Crippen molar-refractivity contribution in [3.63, 3.8) is 0 Å². The Balaban J connectivity index is 1.14. The Morgan fingerprint density at radius 2 is 2.02 bits per heavy atom. The second-order valence-corrected chi connectivity index (χ2v) is 15.2. The number of aromatic carboxylic acids is 1. The number of methoxy groups -OCH3 is 1. The number of hydrogen-bond donors (Lipinski definition) is 1. The Morgan fingerprint density at radius 3 is 2.80 bits per heavy atom. The first-order valence-electron chi connectivity index (χ1n) is 16.4. The van der Waals surface area contributed by atoms with Gasteiger partial charge in [0.1, 0.15) is 5.75 Å². The number of aryl methyl sites for hydroxylation is 1. The minimum Gasteiger partial charge on any atom is -0.490 e. The van der Waals surface area contributed by atoms with Crippen LogP contribution in [-0.4, -0.2) is 59.2 Å². The van der Waals surface area contributed by atoms with E-state index in [1.165, 1.54) is 30.4 Å². The van der Waals surface area contributed by atoms with E-state index in [-0.39, 0.29) is 11.5 Å². The van der Waals surface area contributed by atoms with Crippen LogP contribution in [0.2, 0.25) is 5.02 Å². The average molecular weight is 648 g/mol. The number of carboxylic acid groups (broad SMARTS) is 1. The van der Waals surface area contributed by atoms with Gasteiger partial charge in [-0.1, -0.05) is 35.9 Å². The summed E-state index contributed by atoms with van der Waals surface area (Å²) >= 11 is 8.25. The number of aromatic nitrogens is 2. The van der Waals surface area contributed by atoms with Gasteiger partial charge in [-0.3, -0.25) is 0 Å². The Morgan fingerprint density at radius 1 is 1.16 bits per heavy atom. The summed E-state index contributed by atoms with van der Waals surface area (Å²) in [7, 11) is 1.89. The molecule has 0 radical (unpaired) electrons. The minimum atomic E-state index is -0.916. The van der Waals surface area contributed by atoms with E-state index in [1.807, 2.05) is 55.5 Å². The van der Waals surface area contributed by atoms with Gasteiger partial charge in [0, 0.05) is 48.3 Å². The van der Waals surface area contributed by atoms with E-state index in [9.17, 15) is 9.90 Å². The van der Waals surface area contributed by atoms with Crippen LogP contribution in [0.4, 0.5) is 5.69 Å². The second-order valence-electron chi connectivity index (χ2n) is 13.5. The summed E-state index contributed by atoms with van der Waals surface area (Å²) in [4.78, 5) is 23.4. The lowest BCUT2D eigenvalue weighted by molar-refractivity contribution is -0.0587. The van der Waals surface area contributed by atoms with Gasteiger partial charge in [-0.15, -0.1) is 0 Å². The lowest BCUT2D eigenvalue weighted by Crippen LogP contribution is -2.51. The molecule has 238 valence electrons. The number of rotatable bonds is 8. The summed E-state index contributed by atoms with van der Waals surface area (Å²) in [5.41, 5.74) is 3.63. The summed E-state index contributed by atoms with van der Waals surface area (Å²) in [5, 5.41) is 12.0. The van der Waals surface area contributed by atoms with Crippen molar-refractivity contribution >= 4 is 35.0 Å². The monoisotopic (exact) mass is 647 g/mol. The molecule has 4 aliphatic rings. The fourth-order valence-corrected chi connectivity index (χ4v) is 9.95. The van der Waals surface area contributed by atoms with Crippen molar-refractivity contribution in [2.24, 2.45) is 17.8 Å². The molecule has 2 heterocycles. The van der Waals surface area contributed by atoms with Gasteiger partial charge in [0.05, 0.1) is 24.0 Å². The SMILES string of the molecule is CO[C@@H]([C@H]1CCC[C@H](Sc2ncccn2)C1)[C@@H]1CC[C@H]1CN1CC2(CCCc3cc(Cl)ccc32)COc2ccc(C(=O)O)cc21. The Hall–Kier alpha value is -2.81. The highest BCUT2D eigenvalue weighted by molar-refractivity contribution is 7.99. The van der Waals surface area contributed by atoms with Crippen LogP contribution < -0.4 is 9.64 Å². The lowest BCUT2D eigenvalue weighted by Gasteiger charge is -2.48. The second kappa shape index (κ2) is 13.1. The summed E-state index contributed by atoms with van der Waals surface area (Å²) in [6.07, 6.45) is 14.0. The van der Waals surface area contributed by atoms with Crippen LogP contribution in [0, 0.1) is 17.8 Å². The van der Waals surface area contributed by atoms with Crippen molar-refractivity contribution in [3.8, 4) is 5.75 Å². The molecule has 1 unspecified atom stereocenters. The van der Waals surface area contributed by atoms with Crippen molar-refractivity contribution in [3.05, 3.63) is 76.6 Å². The van der Waals surface area contributed by atoms with Crippen LogP contribution in [0.5, 0.6) is 5.75 Å². The highest BCUT2D eigenvalue weighted by Gasteiger charge is 2.46. The van der Waals surface area contributed by atoms with Gasteiger partial charge < -0.3 is 19.5 Å². The van der Waals surface area contributed by atoms with Gasteiger partial charge in [0.15, 0.2) is 5.16 Å². The molecule has 1 spiro atoms. The first-order chi connectivity index (χ1) is 21.9. The first-order valence-corrected chi connectivity index (χ1v) is 17.7. The summed E-state index contributed by atoms with van der Waals surface area (Å²) < 4.78 is 12.9. The maximum atomic E-state index is 12.1. The first kappa shape index (κ1) is 30.8. The van der Waals surface area contributed by atoms with Crippen molar-refractivity contribution in [2.45, 2.75) is 79.7 Å². The maximum Gasteiger partial charge on any atom is 0.335 e. The van der Waals surface area contributed by atoms with Crippen molar-refractivity contribution in [2.75, 3.05) is 31.7 Å². The molecule has 2 fully saturated rings. The third kappa shape index (κ3) is 6.30. The molecular formula is C36H42ClN3O4S. The van der Waals surface area contributed by atoms with E-state index < -0.39 is 5.97 Å². The smallest absolute Gasteiger partial charge is 0.335 e. The lowest BCUT2D eigenvalue weighted by atomic mass is 9.65. The average Bonchev–Trinajstić information content (AvgIpc) is 3.19. The van der Waals surface area contributed by atoms with Crippen LogP contribution in [0.15, 0.2) is 60.0 Å². The summed E-state index contributed by atoms with van der Waals surface area (Å²) in [6, 6.07) is 13.5. The number of hydrogen-bond acceptors (Lipinski definition) is 7. The molecule has 2 aromatic carbocycles. The summed E-state index contributed by atoms with van der Waals surface area (Å²) in [6.45, 7) is 2.22. The van der Waals surface area contributed by atoms with E-state index in [0.29, 0.717) is 35.2 Å². The zero-order valence-corrected chi connectivity index (χ0v) is 27.4. The van der Waals surface area contributed by atoms with Crippen molar-refractivity contribution < 1.29 is 19.4 Å². The molecule has 7 nitrogen and oxygen atoms in total. The van der Waals surface area contributed by atoms with Gasteiger partial charge >= 0.3 is 5.97 Å². The van der Waals surface area contributed by atoms with Gasteiger partial charge in [-0.2, -0.15) is 0 Å². The van der Waals surface area contributed by atoms with Crippen molar-refractivity contribution in [1.29, 1.82) is 0 Å². The Kier molecular flexibility index (Phi) is 8.99. The Labute approximate surface area is 275 Å². The van der Waals surface area contributed by atoms with E-state index in [0.717, 1.165) is 73.2 Å². The van der Waals surface area contributed by atoms with E-state index in [2.05, 4.69) is 27.0 Å². The standard InChI is InChI=1S/C36H42ClN3O4S/c1-43-33(24-5-2-7-28(18-24)45-35-38-15-4-16-39-35)29-11-8-26(29)20-40-21-36(14-3-6-23-17-27(37)10-12-30(23)36)22-44-32-13-9-25(34(41)42)19-31(32)40/h4,9-10,12-13,15-17,19,24,26,28-29,33H,2-3,5-8,11,14,18,20-22H2,1H3,(H,41,42)/t24-,26-,28-,29+,33-,36?/m0/s1. The molecule has 0 bridgehead atoms. The fraction of sp³-hybridized carbons (Fsp3) is 0.528. The van der Waals surface area contributed by atoms with Gasteiger partial charge in [-0.25, -0.2) is 14.8 Å². The maximum absolute atomic E-state index is 12.1. The number of nitrogens with zero attached hydrogens (tertiary/aromatic N) is 3. The van der Waals surface area contributed by atoms with Gasteiger partial charge in [0.25, 0.3) is 0 Å². The van der Waals surface area contributed by atoms with E-state index in [1.54, 1.807) is 6.07 Å². The molecule has 7 rings (SSSR count). The summed E-state index contributed by atoms with van der Waals surface area (Å²) in [5.74, 6) is 1.30. The van der Waals surface area contributed by atoms with Crippen LogP contribution in [0.3, 0.4) is 0 Å². The molecule has 0 amide bonds. The molecule has 1 aromatic heterocycles. The molecule has 3 aliphatic carbocycles. The van der Waals surface area contributed by atoms with Crippen LogP contribution in [-0.2, 0) is 16.6 Å². The number of carbonyl (C=O) groups is 1. The van der Waals surface area contributed by atoms with Gasteiger partial charge in [0.2, 0.25) is 0 Å². The molecule has 0 saturated heterocycles. The van der Waals surface area contributed by atoms with Gasteiger partial charge in [-0.05, 0) is 117 Å². The highest BCUT2D eigenvalue weighted by Crippen LogP contribution is 2.49. The molecule has 1 aliphatic heterocycles. The molecule has 9 heteroatoms. The van der Waals surface area contributed by atoms with E-state index >= 15 is 0 Å². The molecule has 1 N–H and O–H groups in total. The Bertz CT molecular complexity index is 1530. The predicted molar refractivity (Wildman–Crippen MR) is 178 cm³/mol. The molecular weight excluding hydrogens is 606 g/mol. The quantitative estimate of drug-likeness (QED) is 0.249. The third-order valence-corrected chi connectivity index (χ3v) is 12.3. The molecule has 45 heavy (non-hydrogen) atoms. The van der Waals surface area contributed by atoms with E-state index in [4.69, 9.17) is 21.1 Å². The topological polar surface area (TPSA) is 84.8 Å². The number of fused-ring (bicyclic) bond motifs is 3. The van der Waals surface area contributed by atoms with Crippen LogP contribution >= 0.6 is 23.4 Å². The third-order valence-electron chi connectivity index (χ3n) is 10.9. The predicted octanol–water partition coefficient (Wildman–Crippen LogP) is 7.69. The molecule has 2 saturated carbocycles. The minimum absolute atomic E-state index is 0.187. The number of ether oxygens (including phenoxy) is 2. The molecule has 6 atom stereocenters. The molecule has 3 aromatic rings. The zero-order chi connectivity index (χ0) is 31.0. The number of halogens is 1. The number of anilines is 1. The largest absolute Gasteiger partial charge is 0.490 e. The number of thioether (sulfide) groups is 1. The van der Waals surface area contributed by atoms with Crippen LogP contribution in [0.25, 0.3) is 0 Å². The number of benzene rings is 2. The normalized spacial score (nSPS) is 28.3.